The minimum Gasteiger partial charge on any atom is -0.353 e. The van der Waals surface area contributed by atoms with Gasteiger partial charge in [-0.2, -0.15) is 0 Å². The Balaban J connectivity index is 1.57. The summed E-state index contributed by atoms with van der Waals surface area (Å²) in [7, 11) is -3.00. The van der Waals surface area contributed by atoms with Gasteiger partial charge >= 0.3 is 0 Å². The molecule has 3 aliphatic rings. The fraction of sp³-hybridized carbons (Fsp3) is 0.857. The van der Waals surface area contributed by atoms with Gasteiger partial charge in [0.15, 0.2) is 9.84 Å². The van der Waals surface area contributed by atoms with Crippen molar-refractivity contribution in [2.45, 2.75) is 44.7 Å². The molecule has 0 aromatic rings. The van der Waals surface area contributed by atoms with E-state index in [1.54, 1.807) is 4.90 Å². The Morgan fingerprint density at radius 1 is 1.19 bits per heavy atom. The SMILES string of the molecule is CCN(C(=O)C1CC1C(=O)NC1CC1)C1CCS(=O)(=O)C1. The summed E-state index contributed by atoms with van der Waals surface area (Å²) < 4.78 is 23.1. The van der Waals surface area contributed by atoms with Crippen LogP contribution in [0.1, 0.15) is 32.6 Å². The molecule has 1 saturated heterocycles. The highest BCUT2D eigenvalue weighted by molar-refractivity contribution is 7.91. The molecule has 2 amide bonds. The van der Waals surface area contributed by atoms with Crippen LogP contribution in [0.5, 0.6) is 0 Å². The number of carbonyl (C=O) groups is 2. The van der Waals surface area contributed by atoms with E-state index < -0.39 is 9.84 Å². The molecule has 2 aliphatic carbocycles. The van der Waals surface area contributed by atoms with E-state index in [4.69, 9.17) is 0 Å². The molecule has 0 spiro atoms. The van der Waals surface area contributed by atoms with Gasteiger partial charge in [-0.1, -0.05) is 0 Å². The topological polar surface area (TPSA) is 83.6 Å². The van der Waals surface area contributed by atoms with Crippen LogP contribution in [0.15, 0.2) is 0 Å². The lowest BCUT2D eigenvalue weighted by atomic mass is 10.2. The first-order chi connectivity index (χ1) is 9.91. The van der Waals surface area contributed by atoms with Gasteiger partial charge in [-0.3, -0.25) is 9.59 Å². The number of hydrogen-bond donors (Lipinski definition) is 1. The van der Waals surface area contributed by atoms with Crippen LogP contribution in [-0.2, 0) is 19.4 Å². The lowest BCUT2D eigenvalue weighted by molar-refractivity contribution is -0.136. The van der Waals surface area contributed by atoms with Gasteiger partial charge in [0.1, 0.15) is 0 Å². The van der Waals surface area contributed by atoms with Crippen molar-refractivity contribution in [3.63, 3.8) is 0 Å². The first-order valence-electron chi connectivity index (χ1n) is 7.72. The molecule has 1 N–H and O–H groups in total. The van der Waals surface area contributed by atoms with Gasteiger partial charge < -0.3 is 10.2 Å². The highest BCUT2D eigenvalue weighted by Crippen LogP contribution is 2.41. The van der Waals surface area contributed by atoms with Crippen LogP contribution in [0.2, 0.25) is 0 Å². The number of hydrogen-bond acceptors (Lipinski definition) is 4. The number of amides is 2. The zero-order valence-corrected chi connectivity index (χ0v) is 13.1. The second kappa shape index (κ2) is 5.26. The van der Waals surface area contributed by atoms with Gasteiger partial charge in [0.25, 0.3) is 0 Å². The maximum Gasteiger partial charge on any atom is 0.226 e. The largest absolute Gasteiger partial charge is 0.353 e. The molecule has 3 atom stereocenters. The summed E-state index contributed by atoms with van der Waals surface area (Å²) in [6.07, 6.45) is 3.21. The van der Waals surface area contributed by atoms with E-state index in [0.717, 1.165) is 12.8 Å². The molecule has 2 saturated carbocycles. The van der Waals surface area contributed by atoms with Crippen LogP contribution in [0.4, 0.5) is 0 Å². The number of sulfone groups is 1. The van der Waals surface area contributed by atoms with E-state index in [1.807, 2.05) is 6.92 Å². The molecule has 3 unspecified atom stereocenters. The van der Waals surface area contributed by atoms with Gasteiger partial charge in [0.2, 0.25) is 11.8 Å². The molecule has 6 nitrogen and oxygen atoms in total. The van der Waals surface area contributed by atoms with E-state index in [2.05, 4.69) is 5.32 Å². The van der Waals surface area contributed by atoms with Crippen molar-refractivity contribution in [1.29, 1.82) is 0 Å². The first-order valence-corrected chi connectivity index (χ1v) is 9.54. The molecule has 1 heterocycles. The van der Waals surface area contributed by atoms with Gasteiger partial charge in [-0.05, 0) is 32.6 Å². The minimum absolute atomic E-state index is 0.00838. The fourth-order valence-electron chi connectivity index (χ4n) is 3.12. The number of nitrogens with zero attached hydrogens (tertiary/aromatic N) is 1. The van der Waals surface area contributed by atoms with Crippen LogP contribution < -0.4 is 5.32 Å². The molecule has 7 heteroatoms. The van der Waals surface area contributed by atoms with E-state index in [0.29, 0.717) is 25.4 Å². The average Bonchev–Trinajstić information content (AvgIpc) is 3.30. The summed E-state index contributed by atoms with van der Waals surface area (Å²) in [6, 6.07) is 0.108. The molecule has 0 aromatic heterocycles. The van der Waals surface area contributed by atoms with E-state index in [-0.39, 0.29) is 41.2 Å². The molecule has 0 radical (unpaired) electrons. The first kappa shape index (κ1) is 14.8. The van der Waals surface area contributed by atoms with Crippen molar-refractivity contribution in [2.75, 3.05) is 18.1 Å². The third-order valence-electron chi connectivity index (χ3n) is 4.64. The Morgan fingerprint density at radius 2 is 1.90 bits per heavy atom. The van der Waals surface area contributed by atoms with Gasteiger partial charge in [0.05, 0.1) is 23.3 Å². The quantitative estimate of drug-likeness (QED) is 0.770. The summed E-state index contributed by atoms with van der Waals surface area (Å²) in [5.74, 6) is -0.269. The molecule has 0 aromatic carbocycles. The summed E-state index contributed by atoms with van der Waals surface area (Å²) in [5, 5.41) is 2.93. The third kappa shape index (κ3) is 3.22. The molecule has 3 rings (SSSR count). The fourth-order valence-corrected chi connectivity index (χ4v) is 4.85. The predicted octanol–water partition coefficient (Wildman–Crippen LogP) is -0.0633. The maximum absolute atomic E-state index is 12.5. The maximum atomic E-state index is 12.5. The Labute approximate surface area is 125 Å². The Morgan fingerprint density at radius 3 is 2.43 bits per heavy atom. The van der Waals surface area contributed by atoms with Crippen molar-refractivity contribution in [3.8, 4) is 0 Å². The van der Waals surface area contributed by atoms with Crippen molar-refractivity contribution in [1.82, 2.24) is 10.2 Å². The van der Waals surface area contributed by atoms with Gasteiger partial charge in [-0.25, -0.2) is 8.42 Å². The highest BCUT2D eigenvalue weighted by Gasteiger charge is 2.51. The van der Waals surface area contributed by atoms with Crippen LogP contribution in [0.25, 0.3) is 0 Å². The summed E-state index contributed by atoms with van der Waals surface area (Å²) >= 11 is 0. The Kier molecular flexibility index (Phi) is 3.71. The second-order valence-electron chi connectivity index (χ2n) is 6.41. The predicted molar refractivity (Wildman–Crippen MR) is 77.2 cm³/mol. The molecular weight excluding hydrogens is 292 g/mol. The monoisotopic (exact) mass is 314 g/mol. The van der Waals surface area contributed by atoms with Crippen LogP contribution in [-0.4, -0.2) is 55.3 Å². The smallest absolute Gasteiger partial charge is 0.226 e. The van der Waals surface area contributed by atoms with Crippen LogP contribution in [0, 0.1) is 11.8 Å². The highest BCUT2D eigenvalue weighted by atomic mass is 32.2. The number of rotatable bonds is 5. The van der Waals surface area contributed by atoms with Crippen molar-refractivity contribution >= 4 is 21.7 Å². The minimum atomic E-state index is -3.00. The summed E-state index contributed by atoms with van der Waals surface area (Å²) in [6.45, 7) is 2.37. The Hall–Kier alpha value is -1.11. The van der Waals surface area contributed by atoms with Crippen LogP contribution >= 0.6 is 0 Å². The molecule has 1 aliphatic heterocycles. The van der Waals surface area contributed by atoms with E-state index in [1.165, 1.54) is 0 Å². The third-order valence-corrected chi connectivity index (χ3v) is 6.39. The average molecular weight is 314 g/mol. The van der Waals surface area contributed by atoms with Gasteiger partial charge in [-0.15, -0.1) is 0 Å². The van der Waals surface area contributed by atoms with E-state index in [9.17, 15) is 18.0 Å². The zero-order valence-electron chi connectivity index (χ0n) is 12.2. The lowest BCUT2D eigenvalue weighted by Crippen LogP contribution is -2.42. The normalized spacial score (nSPS) is 33.5. The summed E-state index contributed by atoms with van der Waals surface area (Å²) in [4.78, 5) is 26.1. The number of carbonyl (C=O) groups excluding carboxylic acids is 2. The molecule has 3 fully saturated rings. The molecular formula is C14H22N2O4S. The van der Waals surface area contributed by atoms with Gasteiger partial charge in [0, 0.05) is 18.6 Å². The van der Waals surface area contributed by atoms with Crippen LogP contribution in [0.3, 0.4) is 0 Å². The molecule has 118 valence electrons. The standard InChI is InChI=1S/C14H22N2O4S/c1-2-16(10-5-6-21(19,20)8-10)14(18)12-7-11(12)13(17)15-9-3-4-9/h9-12H,2-8H2,1H3,(H,15,17). The van der Waals surface area contributed by atoms with Crippen molar-refractivity contribution in [3.05, 3.63) is 0 Å². The van der Waals surface area contributed by atoms with Crippen molar-refractivity contribution in [2.24, 2.45) is 11.8 Å². The van der Waals surface area contributed by atoms with Crippen molar-refractivity contribution < 1.29 is 18.0 Å². The zero-order chi connectivity index (χ0) is 15.2. The Bertz CT molecular complexity index is 555. The molecule has 21 heavy (non-hydrogen) atoms. The number of nitrogens with one attached hydrogen (secondary N) is 1. The lowest BCUT2D eigenvalue weighted by Gasteiger charge is -2.27. The van der Waals surface area contributed by atoms with E-state index >= 15 is 0 Å². The molecule has 0 bridgehead atoms. The summed E-state index contributed by atoms with van der Waals surface area (Å²) in [5.41, 5.74) is 0. The second-order valence-corrected chi connectivity index (χ2v) is 8.64.